The number of nitriles is 1. The summed E-state index contributed by atoms with van der Waals surface area (Å²) in [7, 11) is -3.45. The summed E-state index contributed by atoms with van der Waals surface area (Å²) < 4.78 is 29.8. The molecule has 0 fully saturated rings. The molecule has 0 unspecified atom stereocenters. The van der Waals surface area contributed by atoms with E-state index in [9.17, 15) is 8.42 Å². The molecule has 0 bridgehead atoms. The third-order valence-corrected chi connectivity index (χ3v) is 4.61. The van der Waals surface area contributed by atoms with Gasteiger partial charge in [0.25, 0.3) is 0 Å². The highest BCUT2D eigenvalue weighted by molar-refractivity contribution is 7.91. The molecule has 0 aliphatic rings. The van der Waals surface area contributed by atoms with E-state index in [4.69, 9.17) is 10.00 Å². The number of aryl methyl sites for hydroxylation is 1. The largest absolute Gasteiger partial charge is 0.493 e. The third kappa shape index (κ3) is 4.07. The summed E-state index contributed by atoms with van der Waals surface area (Å²) in [6, 6.07) is 15.4. The summed E-state index contributed by atoms with van der Waals surface area (Å²) >= 11 is 0. The number of hydrogen-bond acceptors (Lipinski definition) is 4. The quantitative estimate of drug-likeness (QED) is 0.851. The van der Waals surface area contributed by atoms with Crippen molar-refractivity contribution in [3.8, 4) is 11.8 Å². The normalized spacial score (nSPS) is 10.9. The van der Waals surface area contributed by atoms with E-state index in [2.05, 4.69) is 0 Å². The van der Waals surface area contributed by atoms with Crippen LogP contribution in [0.4, 0.5) is 0 Å². The monoisotopic (exact) mass is 301 g/mol. The van der Waals surface area contributed by atoms with Gasteiger partial charge >= 0.3 is 0 Å². The smallest absolute Gasteiger partial charge is 0.181 e. The minimum Gasteiger partial charge on any atom is -0.493 e. The first-order chi connectivity index (χ1) is 10.0. The molecule has 0 saturated carbocycles. The van der Waals surface area contributed by atoms with Crippen LogP contribution in [0.2, 0.25) is 0 Å². The molecule has 0 aliphatic carbocycles. The molecule has 2 aromatic rings. The Bertz CT molecular complexity index is 776. The van der Waals surface area contributed by atoms with Gasteiger partial charge in [0.1, 0.15) is 12.4 Å². The molecule has 0 N–H and O–H groups in total. The molecule has 0 aromatic heterocycles. The molecule has 21 heavy (non-hydrogen) atoms. The van der Waals surface area contributed by atoms with E-state index in [-0.39, 0.29) is 17.3 Å². The van der Waals surface area contributed by atoms with Crippen LogP contribution in [-0.4, -0.2) is 20.8 Å². The second kappa shape index (κ2) is 6.42. The Labute approximate surface area is 124 Å². The van der Waals surface area contributed by atoms with Crippen LogP contribution >= 0.6 is 0 Å². The fourth-order valence-electron chi connectivity index (χ4n) is 1.85. The highest BCUT2D eigenvalue weighted by Gasteiger charge is 2.15. The van der Waals surface area contributed by atoms with Gasteiger partial charge in [0.15, 0.2) is 9.84 Å². The second-order valence-electron chi connectivity index (χ2n) is 4.62. The Morgan fingerprint density at radius 3 is 2.62 bits per heavy atom. The van der Waals surface area contributed by atoms with E-state index in [1.807, 2.05) is 31.2 Å². The van der Waals surface area contributed by atoms with Crippen molar-refractivity contribution < 1.29 is 13.2 Å². The van der Waals surface area contributed by atoms with E-state index < -0.39 is 9.84 Å². The van der Waals surface area contributed by atoms with Crippen LogP contribution in [0.25, 0.3) is 0 Å². The van der Waals surface area contributed by atoms with Gasteiger partial charge in [-0.2, -0.15) is 5.26 Å². The lowest BCUT2D eigenvalue weighted by atomic mass is 10.2. The van der Waals surface area contributed by atoms with Crippen molar-refractivity contribution in [2.24, 2.45) is 0 Å². The zero-order valence-electron chi connectivity index (χ0n) is 11.6. The zero-order chi connectivity index (χ0) is 15.3. The van der Waals surface area contributed by atoms with Crippen LogP contribution in [0, 0.1) is 18.3 Å². The first kappa shape index (κ1) is 15.1. The van der Waals surface area contributed by atoms with Gasteiger partial charge in [0.2, 0.25) is 0 Å². The van der Waals surface area contributed by atoms with Crippen LogP contribution in [0.15, 0.2) is 53.4 Å². The Morgan fingerprint density at radius 1 is 1.14 bits per heavy atom. The average Bonchev–Trinajstić information content (AvgIpc) is 2.47. The van der Waals surface area contributed by atoms with Gasteiger partial charge in [0, 0.05) is 0 Å². The maximum atomic E-state index is 12.2. The fraction of sp³-hybridized carbons (Fsp3) is 0.188. The molecule has 0 spiro atoms. The van der Waals surface area contributed by atoms with Crippen LogP contribution in [0.5, 0.6) is 5.75 Å². The van der Waals surface area contributed by atoms with Gasteiger partial charge in [-0.15, -0.1) is 0 Å². The summed E-state index contributed by atoms with van der Waals surface area (Å²) in [5.74, 6) is 0.520. The second-order valence-corrected chi connectivity index (χ2v) is 6.73. The number of benzene rings is 2. The zero-order valence-corrected chi connectivity index (χ0v) is 12.4. The van der Waals surface area contributed by atoms with E-state index in [0.29, 0.717) is 11.3 Å². The lowest BCUT2D eigenvalue weighted by Crippen LogP contribution is -2.14. The molecule has 4 nitrogen and oxygen atoms in total. The topological polar surface area (TPSA) is 67.2 Å². The van der Waals surface area contributed by atoms with Crippen molar-refractivity contribution in [1.82, 2.24) is 0 Å². The molecule has 2 rings (SSSR count). The number of sulfone groups is 1. The highest BCUT2D eigenvalue weighted by Crippen LogP contribution is 2.15. The summed E-state index contributed by atoms with van der Waals surface area (Å²) in [6.07, 6.45) is 0. The third-order valence-electron chi connectivity index (χ3n) is 2.93. The number of ether oxygens (including phenoxy) is 1. The molecule has 0 amide bonds. The van der Waals surface area contributed by atoms with Gasteiger partial charge in [-0.25, -0.2) is 8.42 Å². The predicted molar refractivity (Wildman–Crippen MR) is 79.9 cm³/mol. The molecule has 0 heterocycles. The molecule has 0 radical (unpaired) electrons. The molecular formula is C16H15NO3S. The molecule has 5 heteroatoms. The standard InChI is InChI=1S/C16H15NO3S/c1-13-4-2-6-15(10-13)20-8-9-21(18,19)16-7-3-5-14(11-16)12-17/h2-7,10-11H,8-9H2,1H3. The van der Waals surface area contributed by atoms with Gasteiger partial charge < -0.3 is 4.74 Å². The molecule has 0 saturated heterocycles. The molecule has 0 atom stereocenters. The van der Waals surface area contributed by atoms with Gasteiger partial charge in [-0.1, -0.05) is 18.2 Å². The predicted octanol–water partition coefficient (Wildman–Crippen LogP) is 2.72. The van der Waals surface area contributed by atoms with Crippen LogP contribution in [-0.2, 0) is 9.84 Å². The van der Waals surface area contributed by atoms with E-state index >= 15 is 0 Å². The van der Waals surface area contributed by atoms with Crippen molar-refractivity contribution in [2.45, 2.75) is 11.8 Å². The van der Waals surface area contributed by atoms with Crippen LogP contribution in [0.3, 0.4) is 0 Å². The molecule has 108 valence electrons. The van der Waals surface area contributed by atoms with Crippen molar-refractivity contribution in [3.63, 3.8) is 0 Å². The maximum Gasteiger partial charge on any atom is 0.181 e. The van der Waals surface area contributed by atoms with E-state index in [1.54, 1.807) is 18.2 Å². The Hall–Kier alpha value is -2.32. The van der Waals surface area contributed by atoms with Crippen molar-refractivity contribution in [1.29, 1.82) is 5.26 Å². The van der Waals surface area contributed by atoms with Crippen LogP contribution < -0.4 is 4.74 Å². The van der Waals surface area contributed by atoms with Gasteiger partial charge in [-0.05, 0) is 42.8 Å². The van der Waals surface area contributed by atoms with E-state index in [0.717, 1.165) is 5.56 Å². The van der Waals surface area contributed by atoms with Gasteiger partial charge in [-0.3, -0.25) is 0 Å². The fourth-order valence-corrected chi connectivity index (χ4v) is 2.98. The Balaban J connectivity index is 2.03. The van der Waals surface area contributed by atoms with E-state index in [1.165, 1.54) is 12.1 Å². The Morgan fingerprint density at radius 2 is 1.90 bits per heavy atom. The SMILES string of the molecule is Cc1cccc(OCCS(=O)(=O)c2cccc(C#N)c2)c1. The van der Waals surface area contributed by atoms with Crippen molar-refractivity contribution in [2.75, 3.05) is 12.4 Å². The summed E-state index contributed by atoms with van der Waals surface area (Å²) in [4.78, 5) is 0.148. The number of rotatable bonds is 5. The lowest BCUT2D eigenvalue weighted by molar-refractivity contribution is 0.340. The molecular weight excluding hydrogens is 286 g/mol. The number of hydrogen-bond donors (Lipinski definition) is 0. The summed E-state index contributed by atoms with van der Waals surface area (Å²) in [6.45, 7) is 2.01. The number of nitrogens with zero attached hydrogens (tertiary/aromatic N) is 1. The van der Waals surface area contributed by atoms with Gasteiger partial charge in [0.05, 0.1) is 22.3 Å². The first-order valence-corrected chi connectivity index (χ1v) is 8.09. The summed E-state index contributed by atoms with van der Waals surface area (Å²) in [5.41, 5.74) is 1.38. The minimum absolute atomic E-state index is 0.0720. The molecule has 0 aliphatic heterocycles. The van der Waals surface area contributed by atoms with Crippen molar-refractivity contribution in [3.05, 3.63) is 59.7 Å². The first-order valence-electron chi connectivity index (χ1n) is 6.44. The minimum atomic E-state index is -3.45. The average molecular weight is 301 g/mol. The lowest BCUT2D eigenvalue weighted by Gasteiger charge is -2.08. The maximum absolute atomic E-state index is 12.2. The Kier molecular flexibility index (Phi) is 4.61. The molecule has 2 aromatic carbocycles. The highest BCUT2D eigenvalue weighted by atomic mass is 32.2. The van der Waals surface area contributed by atoms with Crippen molar-refractivity contribution >= 4 is 9.84 Å². The summed E-state index contributed by atoms with van der Waals surface area (Å²) in [5, 5.41) is 8.81. The van der Waals surface area contributed by atoms with Crippen LogP contribution in [0.1, 0.15) is 11.1 Å².